The number of phenolic OH excluding ortho intramolecular Hbond substituents is 1. The van der Waals surface area contributed by atoms with Gasteiger partial charge < -0.3 is 48.5 Å². The highest BCUT2D eigenvalue weighted by atomic mass is 16.5. The first-order valence-electron chi connectivity index (χ1n) is 18.0. The Bertz CT molecular complexity index is 2120. The van der Waals surface area contributed by atoms with E-state index < -0.39 is 42.2 Å². The number of rotatable bonds is 7. The lowest BCUT2D eigenvalue weighted by atomic mass is 9.78. The molecule has 2 aliphatic heterocycles. The molecule has 52 heavy (non-hydrogen) atoms. The van der Waals surface area contributed by atoms with Crippen LogP contribution < -0.4 is 14.9 Å². The second kappa shape index (κ2) is 13.9. The molecular formula is C41H54N2O9. The Morgan fingerprint density at radius 3 is 2.17 bits per heavy atom. The number of nitrogens with zero attached hydrogens (tertiary/aromatic N) is 2. The van der Waals surface area contributed by atoms with Crippen molar-refractivity contribution < 1.29 is 38.7 Å². The summed E-state index contributed by atoms with van der Waals surface area (Å²) < 4.78 is 32.2. The Labute approximate surface area is 305 Å². The van der Waals surface area contributed by atoms with E-state index in [4.69, 9.17) is 23.4 Å². The highest BCUT2D eigenvalue weighted by Crippen LogP contribution is 2.55. The monoisotopic (exact) mass is 718 g/mol. The van der Waals surface area contributed by atoms with Crippen LogP contribution in [0, 0.1) is 6.92 Å². The molecule has 6 rings (SSSR count). The van der Waals surface area contributed by atoms with Crippen molar-refractivity contribution in [2.75, 3.05) is 42.4 Å². The summed E-state index contributed by atoms with van der Waals surface area (Å²) in [6.07, 6.45) is -1.00. The molecule has 2 aliphatic rings. The van der Waals surface area contributed by atoms with Gasteiger partial charge in [-0.3, -0.25) is 4.79 Å². The minimum Gasteiger partial charge on any atom is -0.507 e. The van der Waals surface area contributed by atoms with Gasteiger partial charge in [0.2, 0.25) is 0 Å². The topological polar surface area (TPSA) is 134 Å². The van der Waals surface area contributed by atoms with E-state index in [9.17, 15) is 20.1 Å². The number of aliphatic hydroxyl groups is 2. The van der Waals surface area contributed by atoms with Gasteiger partial charge in [-0.25, -0.2) is 0 Å². The molecular weight excluding hydrogens is 664 g/mol. The van der Waals surface area contributed by atoms with Crippen molar-refractivity contribution in [3.05, 3.63) is 56.9 Å². The fourth-order valence-corrected chi connectivity index (χ4v) is 8.42. The Morgan fingerprint density at radius 1 is 0.923 bits per heavy atom. The third kappa shape index (κ3) is 5.86. The predicted octanol–water partition coefficient (Wildman–Crippen LogP) is 6.23. The number of allylic oxidation sites excluding steroid dienone is 2. The van der Waals surface area contributed by atoms with Gasteiger partial charge in [0.1, 0.15) is 23.0 Å². The summed E-state index contributed by atoms with van der Waals surface area (Å²) >= 11 is 0. The fraction of sp³-hybridized carbons (Fsp3) is 0.537. The third-order valence-electron chi connectivity index (χ3n) is 11.9. The van der Waals surface area contributed by atoms with Gasteiger partial charge in [-0.2, -0.15) is 0 Å². The molecule has 0 radical (unpaired) electrons. The molecule has 3 N–H and O–H groups in total. The van der Waals surface area contributed by atoms with E-state index in [2.05, 4.69) is 0 Å². The zero-order chi connectivity index (χ0) is 38.1. The molecule has 3 aromatic carbocycles. The van der Waals surface area contributed by atoms with E-state index in [0.717, 1.165) is 11.1 Å². The maximum Gasteiger partial charge on any atom is 0.193 e. The quantitative estimate of drug-likeness (QED) is 0.148. The van der Waals surface area contributed by atoms with Crippen LogP contribution in [-0.4, -0.2) is 104 Å². The number of hydrogen-bond donors (Lipinski definition) is 3. The highest BCUT2D eigenvalue weighted by Gasteiger charge is 2.48. The van der Waals surface area contributed by atoms with Gasteiger partial charge >= 0.3 is 0 Å². The zero-order valence-corrected chi connectivity index (χ0v) is 32.5. The average Bonchev–Trinajstić information content (AvgIpc) is 3.09. The van der Waals surface area contributed by atoms with Crippen LogP contribution >= 0.6 is 0 Å². The van der Waals surface area contributed by atoms with Crippen LogP contribution in [0.2, 0.25) is 0 Å². The maximum atomic E-state index is 13.7. The van der Waals surface area contributed by atoms with E-state index in [0.29, 0.717) is 73.7 Å². The van der Waals surface area contributed by atoms with Crippen LogP contribution in [0.3, 0.4) is 0 Å². The Morgan fingerprint density at radius 2 is 1.58 bits per heavy atom. The third-order valence-corrected chi connectivity index (χ3v) is 11.9. The molecule has 0 bridgehead atoms. The van der Waals surface area contributed by atoms with E-state index >= 15 is 0 Å². The van der Waals surface area contributed by atoms with Crippen molar-refractivity contribution in [2.45, 2.75) is 103 Å². The van der Waals surface area contributed by atoms with Crippen LogP contribution in [0.1, 0.15) is 82.1 Å². The van der Waals surface area contributed by atoms with Crippen LogP contribution in [-0.2, 0) is 9.47 Å². The lowest BCUT2D eigenvalue weighted by molar-refractivity contribution is -0.176. The first kappa shape index (κ1) is 38.0. The summed E-state index contributed by atoms with van der Waals surface area (Å²) in [7, 11) is 10.9. The molecule has 0 unspecified atom stereocenters. The first-order chi connectivity index (χ1) is 24.5. The second-order valence-electron chi connectivity index (χ2n) is 15.3. The largest absolute Gasteiger partial charge is 0.507 e. The summed E-state index contributed by atoms with van der Waals surface area (Å²) in [5.41, 5.74) is 2.18. The molecule has 4 aromatic rings. The highest BCUT2D eigenvalue weighted by molar-refractivity contribution is 6.21. The van der Waals surface area contributed by atoms with Crippen molar-refractivity contribution in [3.63, 3.8) is 0 Å². The van der Waals surface area contributed by atoms with Gasteiger partial charge in [0, 0.05) is 34.0 Å². The second-order valence-corrected chi connectivity index (χ2v) is 15.3. The predicted molar refractivity (Wildman–Crippen MR) is 204 cm³/mol. The molecule has 0 aliphatic carbocycles. The number of aromatic hydroxyl groups is 1. The van der Waals surface area contributed by atoms with Gasteiger partial charge in [0.05, 0.1) is 67.0 Å². The molecule has 11 nitrogen and oxygen atoms in total. The fourth-order valence-electron chi connectivity index (χ4n) is 8.42. The lowest BCUT2D eigenvalue weighted by Crippen LogP contribution is -2.59. The smallest absolute Gasteiger partial charge is 0.193 e. The number of methoxy groups -OCH3 is 2. The van der Waals surface area contributed by atoms with E-state index in [1.807, 2.05) is 97.7 Å². The molecule has 0 amide bonds. The zero-order valence-electron chi connectivity index (χ0n) is 32.5. The summed E-state index contributed by atoms with van der Waals surface area (Å²) in [5.74, 6) is 1.12. The lowest BCUT2D eigenvalue weighted by Gasteiger charge is -2.49. The number of hydrogen-bond acceptors (Lipinski definition) is 11. The molecule has 1 aromatic heterocycles. The number of aliphatic hydroxyl groups excluding tert-OH is 2. The number of aryl methyl sites for hydroxylation is 1. The van der Waals surface area contributed by atoms with Crippen LogP contribution in [0.25, 0.3) is 38.1 Å². The van der Waals surface area contributed by atoms with Crippen molar-refractivity contribution in [1.82, 2.24) is 9.80 Å². The van der Waals surface area contributed by atoms with Gasteiger partial charge in [0.25, 0.3) is 0 Å². The van der Waals surface area contributed by atoms with E-state index in [1.165, 1.54) is 13.2 Å². The molecule has 2 fully saturated rings. The summed E-state index contributed by atoms with van der Waals surface area (Å²) in [4.78, 5) is 17.7. The SMILES string of the molecule is C/C=C(\C)c1cc(=O)c2c(C)cc3c(OC)c4c([C@H]5C[C@@H](N(C)C)[C@H](O)[C@@H](C)O5)cc([C@@H]5C[C@](C)(N(C)C)[C@H](O)[C@H](C)O5)c(O)c4c(OC)c3c2o1. The molecule has 2 saturated heterocycles. The molecule has 282 valence electrons. The molecule has 3 heterocycles. The van der Waals surface area contributed by atoms with Crippen LogP contribution in [0.15, 0.2) is 33.5 Å². The minimum absolute atomic E-state index is 0.0737. The van der Waals surface area contributed by atoms with Crippen molar-refractivity contribution in [3.8, 4) is 17.2 Å². The van der Waals surface area contributed by atoms with Crippen molar-refractivity contribution in [1.29, 1.82) is 0 Å². The average molecular weight is 719 g/mol. The van der Waals surface area contributed by atoms with Gasteiger partial charge in [-0.1, -0.05) is 6.08 Å². The molecule has 11 heteroatoms. The first-order valence-corrected chi connectivity index (χ1v) is 18.0. The molecule has 8 atom stereocenters. The number of phenols is 1. The number of benzene rings is 3. The number of likely N-dealkylation sites (N-methyl/N-ethyl adjacent to an activating group) is 2. The number of ether oxygens (including phenoxy) is 4. The normalized spacial score (nSPS) is 28.8. The Kier molecular flexibility index (Phi) is 10.2. The van der Waals surface area contributed by atoms with Crippen molar-refractivity contribution in [2.24, 2.45) is 0 Å². The standard InChI is InChI=1S/C41H54N2O9/c1-13-19(2)28-17-27(44)31-20(3)14-25-33(39(31)52-28)38(49-12)34-32(37(25)48-11)23(29-16-26(42(7)8)35(45)21(4)50-29)15-24(36(34)46)30-18-41(6,43(9)10)40(47)22(5)51-30/h13-15,17,21-22,26,29-30,35,40,45-47H,16,18H2,1-12H3/b19-13+/t21-,22+,26-,29-,30+,35-,40-,41+/m1/s1. The van der Waals surface area contributed by atoms with Crippen LogP contribution in [0.5, 0.6) is 17.2 Å². The Hall–Kier alpha value is -3.71. The van der Waals surface area contributed by atoms with Gasteiger partial charge in [-0.05, 0) is 111 Å². The maximum absolute atomic E-state index is 13.7. The number of fused-ring (bicyclic) bond motifs is 4. The van der Waals surface area contributed by atoms with Gasteiger partial charge in [0.15, 0.2) is 11.0 Å². The summed E-state index contributed by atoms with van der Waals surface area (Å²) in [6.45, 7) is 11.3. The summed E-state index contributed by atoms with van der Waals surface area (Å²) in [5, 5.41) is 37.5. The molecule has 0 spiro atoms. The van der Waals surface area contributed by atoms with E-state index in [-0.39, 0.29) is 17.2 Å². The molecule has 0 saturated carbocycles. The Balaban J connectivity index is 1.80. The minimum atomic E-state index is -0.781. The van der Waals surface area contributed by atoms with Crippen molar-refractivity contribution >= 4 is 38.1 Å². The van der Waals surface area contributed by atoms with E-state index in [1.54, 1.807) is 7.11 Å². The van der Waals surface area contributed by atoms with Gasteiger partial charge in [-0.15, -0.1) is 0 Å². The van der Waals surface area contributed by atoms with Crippen LogP contribution in [0.4, 0.5) is 0 Å². The summed E-state index contributed by atoms with van der Waals surface area (Å²) in [6, 6.07) is 5.11.